The van der Waals surface area contributed by atoms with E-state index in [4.69, 9.17) is 14.0 Å². The molecule has 1 aromatic carbocycles. The number of fused-ring (bicyclic) bond motifs is 1. The molecule has 0 radical (unpaired) electrons. The molecule has 3 aliphatic rings. The number of carbonyl (C=O) groups is 2. The number of rotatable bonds is 5. The molecule has 1 spiro atoms. The van der Waals surface area contributed by atoms with Crippen LogP contribution in [0.2, 0.25) is 0 Å². The van der Waals surface area contributed by atoms with Gasteiger partial charge in [-0.2, -0.15) is 0 Å². The van der Waals surface area contributed by atoms with E-state index < -0.39 is 23.5 Å². The average molecular weight is 395 g/mol. The lowest BCUT2D eigenvalue weighted by atomic mass is 9.77. The molecule has 0 saturated carbocycles. The molecule has 4 heterocycles. The summed E-state index contributed by atoms with van der Waals surface area (Å²) in [5, 5.41) is 6.91. The lowest BCUT2D eigenvalue weighted by molar-refractivity contribution is -0.132. The Morgan fingerprint density at radius 2 is 2.24 bits per heavy atom. The second kappa shape index (κ2) is 6.45. The Morgan fingerprint density at radius 3 is 3.00 bits per heavy atom. The summed E-state index contributed by atoms with van der Waals surface area (Å²) in [5.74, 6) is 0.246. The van der Waals surface area contributed by atoms with E-state index in [9.17, 15) is 9.59 Å². The predicted molar refractivity (Wildman–Crippen MR) is 102 cm³/mol. The topological polar surface area (TPSA) is 93.9 Å². The Bertz CT molecular complexity index is 1020. The number of hydrogen-bond acceptors (Lipinski definition) is 6. The van der Waals surface area contributed by atoms with Gasteiger partial charge < -0.3 is 19.3 Å². The number of aryl methyl sites for hydroxylation is 1. The smallest absolute Gasteiger partial charge is 0.235 e. The zero-order chi connectivity index (χ0) is 20.2. The van der Waals surface area contributed by atoms with Crippen molar-refractivity contribution in [3.63, 3.8) is 0 Å². The molecule has 0 aliphatic carbocycles. The number of aromatic nitrogens is 1. The molecule has 3 aliphatic heterocycles. The van der Waals surface area contributed by atoms with Gasteiger partial charge in [0.1, 0.15) is 17.1 Å². The molecule has 2 amide bonds. The molecular weight excluding hydrogens is 374 g/mol. The Morgan fingerprint density at radius 1 is 1.41 bits per heavy atom. The van der Waals surface area contributed by atoms with E-state index in [0.29, 0.717) is 30.4 Å². The van der Waals surface area contributed by atoms with E-state index in [-0.39, 0.29) is 11.8 Å². The number of nitrogens with one attached hydrogen (secondary N) is 1. The van der Waals surface area contributed by atoms with Crippen LogP contribution in [0, 0.1) is 18.8 Å². The van der Waals surface area contributed by atoms with Gasteiger partial charge in [0.15, 0.2) is 5.82 Å². The number of para-hydroxylation sites is 1. The molecule has 8 nitrogen and oxygen atoms in total. The molecule has 1 N–H and O–H groups in total. The fourth-order valence-electron chi connectivity index (χ4n) is 4.62. The van der Waals surface area contributed by atoms with Crippen LogP contribution in [0.1, 0.15) is 11.3 Å². The van der Waals surface area contributed by atoms with E-state index in [2.05, 4.69) is 10.5 Å². The van der Waals surface area contributed by atoms with Gasteiger partial charge in [-0.25, -0.2) is 0 Å². The van der Waals surface area contributed by atoms with E-state index >= 15 is 0 Å². The van der Waals surface area contributed by atoms with Crippen LogP contribution >= 0.6 is 0 Å². The van der Waals surface area contributed by atoms with Gasteiger partial charge in [0.05, 0.1) is 31.6 Å². The van der Waals surface area contributed by atoms with Crippen LogP contribution in [0.3, 0.4) is 0 Å². The highest BCUT2D eigenvalue weighted by Crippen LogP contribution is 2.52. The Labute approximate surface area is 167 Å². The van der Waals surface area contributed by atoms with Crippen LogP contribution in [0.15, 0.2) is 47.0 Å². The van der Waals surface area contributed by atoms with E-state index in [1.807, 2.05) is 36.4 Å². The van der Waals surface area contributed by atoms with Gasteiger partial charge in [0.25, 0.3) is 0 Å². The summed E-state index contributed by atoms with van der Waals surface area (Å²) in [6.07, 6.45) is 3.40. The quantitative estimate of drug-likeness (QED) is 0.773. The van der Waals surface area contributed by atoms with Crippen molar-refractivity contribution in [3.05, 3.63) is 53.8 Å². The highest BCUT2D eigenvalue weighted by molar-refractivity contribution is 6.02. The Hall–Kier alpha value is -3.13. The number of nitrogens with zero attached hydrogens (tertiary/aromatic N) is 2. The van der Waals surface area contributed by atoms with Crippen molar-refractivity contribution < 1.29 is 23.6 Å². The minimum Gasteiger partial charge on any atom is -0.496 e. The Balaban J connectivity index is 1.37. The summed E-state index contributed by atoms with van der Waals surface area (Å²) in [6.45, 7) is 2.41. The Kier molecular flexibility index (Phi) is 3.99. The maximum atomic E-state index is 13.2. The SMILES string of the molecule is COc1ccccc1CNC(=O)[C@H]1[C@H]2C(=O)N(c3cc(C)on3)C[C@]23C=C[C@H]1O3. The number of hydrogen-bond donors (Lipinski definition) is 1. The van der Waals surface area contributed by atoms with Crippen molar-refractivity contribution in [2.24, 2.45) is 11.8 Å². The van der Waals surface area contributed by atoms with Crippen molar-refractivity contribution >= 4 is 17.6 Å². The highest BCUT2D eigenvalue weighted by atomic mass is 16.5. The fraction of sp³-hybridized carbons (Fsp3) is 0.381. The molecule has 2 bridgehead atoms. The first-order chi connectivity index (χ1) is 14.0. The van der Waals surface area contributed by atoms with Crippen LogP contribution in [0.5, 0.6) is 5.75 Å². The summed E-state index contributed by atoms with van der Waals surface area (Å²) < 4.78 is 16.6. The second-order valence-electron chi connectivity index (χ2n) is 7.65. The molecule has 2 saturated heterocycles. The van der Waals surface area contributed by atoms with Gasteiger partial charge in [0, 0.05) is 18.2 Å². The highest BCUT2D eigenvalue weighted by Gasteiger charge is 2.67. The normalized spacial score (nSPS) is 29.4. The van der Waals surface area contributed by atoms with Gasteiger partial charge >= 0.3 is 0 Å². The number of anilines is 1. The third-order valence-electron chi connectivity index (χ3n) is 5.94. The van der Waals surface area contributed by atoms with Gasteiger partial charge in [0.2, 0.25) is 11.8 Å². The van der Waals surface area contributed by atoms with Crippen LogP contribution < -0.4 is 15.0 Å². The first-order valence-corrected chi connectivity index (χ1v) is 9.54. The number of benzene rings is 1. The van der Waals surface area contributed by atoms with Gasteiger partial charge in [-0.05, 0) is 13.0 Å². The molecule has 0 unspecified atom stereocenters. The largest absolute Gasteiger partial charge is 0.496 e. The van der Waals surface area contributed by atoms with Crippen LogP contribution in [0.25, 0.3) is 0 Å². The minimum atomic E-state index is -0.791. The molecule has 2 fully saturated rings. The number of ether oxygens (including phenoxy) is 2. The first-order valence-electron chi connectivity index (χ1n) is 9.54. The molecule has 5 rings (SSSR count). The number of methoxy groups -OCH3 is 1. The second-order valence-corrected chi connectivity index (χ2v) is 7.65. The number of carbonyl (C=O) groups excluding carboxylic acids is 2. The summed E-state index contributed by atoms with van der Waals surface area (Å²) in [6, 6.07) is 9.22. The summed E-state index contributed by atoms with van der Waals surface area (Å²) in [4.78, 5) is 27.8. The van der Waals surface area contributed by atoms with E-state index in [0.717, 1.165) is 5.56 Å². The third kappa shape index (κ3) is 2.66. The van der Waals surface area contributed by atoms with E-state index in [1.165, 1.54) is 0 Å². The molecule has 1 aromatic heterocycles. The predicted octanol–water partition coefficient (Wildman–Crippen LogP) is 1.59. The molecule has 29 heavy (non-hydrogen) atoms. The molecule has 4 atom stereocenters. The van der Waals surface area contributed by atoms with Crippen LogP contribution in [0.4, 0.5) is 5.82 Å². The first kappa shape index (κ1) is 17.9. The molecular formula is C21H21N3O5. The molecule has 8 heteroatoms. The van der Waals surface area contributed by atoms with Gasteiger partial charge in [-0.15, -0.1) is 0 Å². The monoisotopic (exact) mass is 395 g/mol. The maximum absolute atomic E-state index is 13.2. The zero-order valence-electron chi connectivity index (χ0n) is 16.1. The zero-order valence-corrected chi connectivity index (χ0v) is 16.1. The average Bonchev–Trinajstić information content (AvgIpc) is 3.47. The van der Waals surface area contributed by atoms with Crippen LogP contribution in [-0.4, -0.2) is 42.3 Å². The standard InChI is InChI=1S/C21H21N3O5/c1-12-9-16(23-29-12)24-11-21-8-7-15(28-21)17(18(21)20(24)26)19(25)22-10-13-5-3-4-6-14(13)27-2/h3-9,15,17-18H,10-11H2,1-2H3,(H,22,25)/t15-,17-,18+,21-/m1/s1. The van der Waals surface area contributed by atoms with E-state index in [1.54, 1.807) is 25.0 Å². The lowest BCUT2D eigenvalue weighted by Crippen LogP contribution is -2.44. The van der Waals surface area contributed by atoms with Crippen molar-refractivity contribution in [3.8, 4) is 5.75 Å². The lowest BCUT2D eigenvalue weighted by Gasteiger charge is -2.23. The van der Waals surface area contributed by atoms with Crippen molar-refractivity contribution in [2.45, 2.75) is 25.2 Å². The van der Waals surface area contributed by atoms with Crippen molar-refractivity contribution in [2.75, 3.05) is 18.6 Å². The van der Waals surface area contributed by atoms with Gasteiger partial charge in [-0.1, -0.05) is 35.5 Å². The molecule has 150 valence electrons. The number of amides is 2. The summed E-state index contributed by atoms with van der Waals surface area (Å²) >= 11 is 0. The van der Waals surface area contributed by atoms with Crippen LogP contribution in [-0.2, 0) is 20.9 Å². The minimum absolute atomic E-state index is 0.164. The third-order valence-corrected chi connectivity index (χ3v) is 5.94. The fourth-order valence-corrected chi connectivity index (χ4v) is 4.62. The van der Waals surface area contributed by atoms with Crippen molar-refractivity contribution in [1.29, 1.82) is 0 Å². The van der Waals surface area contributed by atoms with Crippen molar-refractivity contribution in [1.82, 2.24) is 10.5 Å². The molecule has 2 aromatic rings. The maximum Gasteiger partial charge on any atom is 0.235 e. The summed E-state index contributed by atoms with van der Waals surface area (Å²) in [5.41, 5.74) is 0.0799. The summed E-state index contributed by atoms with van der Waals surface area (Å²) in [7, 11) is 1.59. The van der Waals surface area contributed by atoms with Gasteiger partial charge in [-0.3, -0.25) is 14.5 Å².